The highest BCUT2D eigenvalue weighted by atomic mass is 16.7. The number of carbonyl (C=O) groups is 1. The molecule has 1 atom stereocenters. The molecule has 0 bridgehead atoms. The Morgan fingerprint density at radius 3 is 2.84 bits per heavy atom. The van der Waals surface area contributed by atoms with Crippen molar-refractivity contribution in [2.24, 2.45) is 0 Å². The second-order valence-electron chi connectivity index (χ2n) is 5.87. The number of aromatic nitrogens is 2. The average molecular weight is 345 g/mol. The van der Waals surface area contributed by atoms with Gasteiger partial charge in [-0.05, 0) is 31.0 Å². The van der Waals surface area contributed by atoms with E-state index in [1.165, 1.54) is 0 Å². The van der Waals surface area contributed by atoms with E-state index in [9.17, 15) is 14.4 Å². The summed E-state index contributed by atoms with van der Waals surface area (Å²) in [6.45, 7) is 3.93. The first kappa shape index (κ1) is 16.8. The number of ether oxygens (including phenoxy) is 2. The van der Waals surface area contributed by atoms with Crippen molar-refractivity contribution >= 4 is 5.91 Å². The van der Waals surface area contributed by atoms with E-state index in [1.54, 1.807) is 18.2 Å². The van der Waals surface area contributed by atoms with Crippen LogP contribution in [-0.2, 0) is 6.54 Å². The van der Waals surface area contributed by atoms with E-state index in [1.807, 2.05) is 13.8 Å². The molecule has 1 aliphatic rings. The van der Waals surface area contributed by atoms with Gasteiger partial charge >= 0.3 is 5.69 Å². The molecule has 0 spiro atoms. The Labute approximate surface area is 143 Å². The zero-order valence-corrected chi connectivity index (χ0v) is 14.0. The molecule has 8 heteroatoms. The Balaban J connectivity index is 1.91. The van der Waals surface area contributed by atoms with Crippen LogP contribution >= 0.6 is 0 Å². The second kappa shape index (κ2) is 6.84. The number of carbonyl (C=O) groups excluding carboxylic acids is 1. The largest absolute Gasteiger partial charge is 0.454 e. The summed E-state index contributed by atoms with van der Waals surface area (Å²) in [6, 6.07) is 5.10. The smallest absolute Gasteiger partial charge is 0.328 e. The maximum atomic E-state index is 12.6. The first-order valence-electron chi connectivity index (χ1n) is 8.01. The maximum absolute atomic E-state index is 12.6. The summed E-state index contributed by atoms with van der Waals surface area (Å²) >= 11 is 0. The molecule has 0 aliphatic carbocycles. The van der Waals surface area contributed by atoms with Gasteiger partial charge in [-0.1, -0.05) is 13.0 Å². The first-order chi connectivity index (χ1) is 12.0. The summed E-state index contributed by atoms with van der Waals surface area (Å²) in [5, 5.41) is 2.72. The molecule has 2 heterocycles. The number of aromatic amines is 1. The summed E-state index contributed by atoms with van der Waals surface area (Å²) in [6.07, 6.45) is 1.89. The van der Waals surface area contributed by atoms with Gasteiger partial charge in [0, 0.05) is 12.2 Å². The van der Waals surface area contributed by atoms with Crippen LogP contribution in [0.25, 0.3) is 0 Å². The Kier molecular flexibility index (Phi) is 4.60. The van der Waals surface area contributed by atoms with Gasteiger partial charge in [0.25, 0.3) is 11.5 Å². The zero-order valence-electron chi connectivity index (χ0n) is 14.0. The molecular formula is C17H19N3O5. The predicted molar refractivity (Wildman–Crippen MR) is 90.2 cm³/mol. The molecule has 1 amide bonds. The van der Waals surface area contributed by atoms with Crippen LogP contribution in [0, 0.1) is 0 Å². The summed E-state index contributed by atoms with van der Waals surface area (Å²) in [4.78, 5) is 39.3. The Hall–Kier alpha value is -3.03. The van der Waals surface area contributed by atoms with Crippen molar-refractivity contribution in [1.29, 1.82) is 0 Å². The molecule has 132 valence electrons. The van der Waals surface area contributed by atoms with Gasteiger partial charge in [0.15, 0.2) is 11.5 Å². The van der Waals surface area contributed by atoms with E-state index in [0.717, 1.165) is 17.2 Å². The predicted octanol–water partition coefficient (Wildman–Crippen LogP) is 0.842. The van der Waals surface area contributed by atoms with Crippen LogP contribution < -0.4 is 26.0 Å². The van der Waals surface area contributed by atoms with Crippen molar-refractivity contribution in [2.75, 3.05) is 6.79 Å². The number of amides is 1. The summed E-state index contributed by atoms with van der Waals surface area (Å²) < 4.78 is 11.5. The Bertz CT molecular complexity index is 915. The van der Waals surface area contributed by atoms with Crippen molar-refractivity contribution in [3.8, 4) is 11.5 Å². The molecule has 0 fully saturated rings. The van der Waals surface area contributed by atoms with E-state index in [4.69, 9.17) is 9.47 Å². The number of hydrogen-bond acceptors (Lipinski definition) is 5. The van der Waals surface area contributed by atoms with Crippen molar-refractivity contribution < 1.29 is 14.3 Å². The molecule has 0 saturated heterocycles. The number of hydrogen-bond donors (Lipinski definition) is 2. The number of nitrogens with zero attached hydrogens (tertiary/aromatic N) is 1. The van der Waals surface area contributed by atoms with Gasteiger partial charge in [0.1, 0.15) is 5.56 Å². The molecule has 1 aliphatic heterocycles. The van der Waals surface area contributed by atoms with Crippen LogP contribution in [0.3, 0.4) is 0 Å². The third-order valence-electron chi connectivity index (χ3n) is 4.07. The highest BCUT2D eigenvalue weighted by Gasteiger charge is 2.18. The van der Waals surface area contributed by atoms with Crippen LogP contribution in [0.4, 0.5) is 0 Å². The van der Waals surface area contributed by atoms with Gasteiger partial charge in [-0.25, -0.2) is 4.79 Å². The van der Waals surface area contributed by atoms with E-state index in [0.29, 0.717) is 17.1 Å². The zero-order chi connectivity index (χ0) is 18.0. The van der Waals surface area contributed by atoms with E-state index >= 15 is 0 Å². The standard InChI is InChI=1S/C17H19N3O5/c1-3-10(2)19-15(21)12-7-18-17(23)20(16(12)22)8-11-4-5-13-14(6-11)25-9-24-13/h4-7,10H,3,8-9H2,1-2H3,(H,18,23)(H,19,21). The van der Waals surface area contributed by atoms with Crippen LogP contribution in [0.5, 0.6) is 11.5 Å². The van der Waals surface area contributed by atoms with E-state index in [2.05, 4.69) is 10.3 Å². The minimum absolute atomic E-state index is 0.0231. The average Bonchev–Trinajstić information content (AvgIpc) is 3.06. The van der Waals surface area contributed by atoms with E-state index in [-0.39, 0.29) is 24.9 Å². The van der Waals surface area contributed by atoms with Gasteiger partial charge in [-0.3, -0.25) is 14.2 Å². The van der Waals surface area contributed by atoms with Crippen LogP contribution in [0.2, 0.25) is 0 Å². The second-order valence-corrected chi connectivity index (χ2v) is 5.87. The lowest BCUT2D eigenvalue weighted by Crippen LogP contribution is -2.42. The quantitative estimate of drug-likeness (QED) is 0.836. The fourth-order valence-electron chi connectivity index (χ4n) is 2.44. The molecule has 2 N–H and O–H groups in total. The molecule has 1 unspecified atom stereocenters. The molecule has 8 nitrogen and oxygen atoms in total. The fraction of sp³-hybridized carbons (Fsp3) is 0.353. The van der Waals surface area contributed by atoms with E-state index < -0.39 is 17.2 Å². The van der Waals surface area contributed by atoms with Gasteiger partial charge in [-0.15, -0.1) is 0 Å². The van der Waals surface area contributed by atoms with Crippen molar-refractivity contribution in [1.82, 2.24) is 14.9 Å². The first-order valence-corrected chi connectivity index (χ1v) is 8.01. The highest BCUT2D eigenvalue weighted by Crippen LogP contribution is 2.32. The number of fused-ring (bicyclic) bond motifs is 1. The van der Waals surface area contributed by atoms with Gasteiger partial charge in [0.05, 0.1) is 6.54 Å². The number of benzene rings is 1. The lowest BCUT2D eigenvalue weighted by molar-refractivity contribution is 0.0936. The minimum Gasteiger partial charge on any atom is -0.454 e. The normalized spacial score (nSPS) is 13.5. The number of H-pyrrole nitrogens is 1. The molecule has 1 aromatic heterocycles. The molecule has 0 radical (unpaired) electrons. The molecule has 1 aromatic carbocycles. The van der Waals surface area contributed by atoms with Crippen molar-refractivity contribution in [3.63, 3.8) is 0 Å². The molecule has 25 heavy (non-hydrogen) atoms. The topological polar surface area (TPSA) is 102 Å². The van der Waals surface area contributed by atoms with Crippen molar-refractivity contribution in [3.05, 3.63) is 56.4 Å². The number of nitrogens with one attached hydrogen (secondary N) is 2. The van der Waals surface area contributed by atoms with Gasteiger partial charge in [-0.2, -0.15) is 0 Å². The third-order valence-corrected chi connectivity index (χ3v) is 4.07. The van der Waals surface area contributed by atoms with Crippen LogP contribution in [-0.4, -0.2) is 28.3 Å². The molecule has 0 saturated carbocycles. The third kappa shape index (κ3) is 3.42. The summed E-state index contributed by atoms with van der Waals surface area (Å²) in [5.74, 6) is 0.675. The lowest BCUT2D eigenvalue weighted by Gasteiger charge is -2.12. The van der Waals surface area contributed by atoms with Crippen LogP contribution in [0.15, 0.2) is 34.0 Å². The summed E-state index contributed by atoms with van der Waals surface area (Å²) in [7, 11) is 0. The Morgan fingerprint density at radius 1 is 1.32 bits per heavy atom. The lowest BCUT2D eigenvalue weighted by atomic mass is 10.2. The maximum Gasteiger partial charge on any atom is 0.328 e. The monoisotopic (exact) mass is 345 g/mol. The Morgan fingerprint density at radius 2 is 2.08 bits per heavy atom. The van der Waals surface area contributed by atoms with Crippen LogP contribution in [0.1, 0.15) is 36.2 Å². The SMILES string of the molecule is CCC(C)NC(=O)c1c[nH]c(=O)n(Cc2ccc3c(c2)OCO3)c1=O. The van der Waals surface area contributed by atoms with Crippen molar-refractivity contribution in [2.45, 2.75) is 32.9 Å². The molecule has 3 rings (SSSR count). The highest BCUT2D eigenvalue weighted by molar-refractivity contribution is 5.93. The summed E-state index contributed by atoms with van der Waals surface area (Å²) in [5.41, 5.74) is -0.623. The number of rotatable bonds is 5. The van der Waals surface area contributed by atoms with Gasteiger partial charge in [0.2, 0.25) is 6.79 Å². The fourth-order valence-corrected chi connectivity index (χ4v) is 2.44. The molecular weight excluding hydrogens is 326 g/mol. The molecule has 2 aromatic rings. The minimum atomic E-state index is -0.637. The van der Waals surface area contributed by atoms with Gasteiger partial charge < -0.3 is 19.8 Å².